The van der Waals surface area contributed by atoms with Gasteiger partial charge in [-0.1, -0.05) is 6.92 Å². The van der Waals surface area contributed by atoms with Crippen LogP contribution >= 0.6 is 0 Å². The lowest BCUT2D eigenvalue weighted by atomic mass is 10.1. The van der Waals surface area contributed by atoms with Gasteiger partial charge < -0.3 is 5.32 Å². The van der Waals surface area contributed by atoms with Gasteiger partial charge in [0.25, 0.3) is 0 Å². The molecule has 14 heavy (non-hydrogen) atoms. The summed E-state index contributed by atoms with van der Waals surface area (Å²) in [5, 5.41) is 3.50. The van der Waals surface area contributed by atoms with Crippen LogP contribution in [0.15, 0.2) is 4.99 Å². The lowest BCUT2D eigenvalue weighted by Crippen LogP contribution is -2.26. The molecule has 0 heterocycles. The summed E-state index contributed by atoms with van der Waals surface area (Å²) in [7, 11) is 0. The van der Waals surface area contributed by atoms with Crippen LogP contribution in [-0.4, -0.2) is 24.8 Å². The highest BCUT2D eigenvalue weighted by Gasteiger charge is 1.96. The molecular formula is C12H26N2. The number of unbranched alkanes of at least 4 members (excludes halogenated alkanes) is 1. The smallest absolute Gasteiger partial charge is 0.0360 e. The summed E-state index contributed by atoms with van der Waals surface area (Å²) in [5.74, 6) is 0. The summed E-state index contributed by atoms with van der Waals surface area (Å²) in [6.45, 7) is 10.8. The van der Waals surface area contributed by atoms with Crippen molar-refractivity contribution in [1.29, 1.82) is 0 Å². The second-order valence-corrected chi connectivity index (χ2v) is 3.93. The maximum Gasteiger partial charge on any atom is 0.0360 e. The van der Waals surface area contributed by atoms with Crippen molar-refractivity contribution < 1.29 is 0 Å². The van der Waals surface area contributed by atoms with Crippen molar-refractivity contribution in [1.82, 2.24) is 5.32 Å². The number of nitrogens with one attached hydrogen (secondary N) is 1. The summed E-state index contributed by atoms with van der Waals surface area (Å²) < 4.78 is 0. The van der Waals surface area contributed by atoms with Gasteiger partial charge in [0, 0.05) is 18.3 Å². The molecule has 0 bridgehead atoms. The quantitative estimate of drug-likeness (QED) is 0.470. The van der Waals surface area contributed by atoms with E-state index in [2.05, 4.69) is 38.0 Å². The Labute approximate surface area is 89.2 Å². The van der Waals surface area contributed by atoms with Crippen LogP contribution < -0.4 is 5.32 Å². The van der Waals surface area contributed by atoms with E-state index in [9.17, 15) is 0 Å². The fraction of sp³-hybridized carbons (Fsp3) is 0.917. The normalized spacial score (nSPS) is 14.4. The van der Waals surface area contributed by atoms with Gasteiger partial charge in [0.2, 0.25) is 0 Å². The molecule has 0 aromatic rings. The molecule has 0 aliphatic rings. The van der Waals surface area contributed by atoms with Crippen LogP contribution in [0.2, 0.25) is 0 Å². The van der Waals surface area contributed by atoms with Crippen molar-refractivity contribution in [2.75, 3.05) is 13.1 Å². The van der Waals surface area contributed by atoms with E-state index in [1.54, 1.807) is 0 Å². The van der Waals surface area contributed by atoms with E-state index >= 15 is 0 Å². The third kappa shape index (κ3) is 8.24. The zero-order valence-electron chi connectivity index (χ0n) is 10.3. The lowest BCUT2D eigenvalue weighted by Gasteiger charge is -2.10. The van der Waals surface area contributed by atoms with Gasteiger partial charge in [-0.15, -0.1) is 0 Å². The minimum Gasteiger partial charge on any atom is -0.314 e. The predicted molar refractivity (Wildman–Crippen MR) is 65.3 cm³/mol. The summed E-state index contributed by atoms with van der Waals surface area (Å²) in [6.07, 6.45) is 4.91. The molecule has 0 saturated carbocycles. The molecule has 2 heteroatoms. The Hall–Kier alpha value is -0.370. The minimum atomic E-state index is 0.667. The highest BCUT2D eigenvalue weighted by atomic mass is 14.9. The van der Waals surface area contributed by atoms with Gasteiger partial charge in [0.05, 0.1) is 0 Å². The molecule has 0 aliphatic heterocycles. The number of hydrogen-bond donors (Lipinski definition) is 1. The average molecular weight is 198 g/mol. The first-order valence-electron chi connectivity index (χ1n) is 5.94. The third-order valence-electron chi connectivity index (χ3n) is 2.50. The number of hydrogen-bond acceptors (Lipinski definition) is 2. The van der Waals surface area contributed by atoms with Gasteiger partial charge in [-0.05, 0) is 53.0 Å². The van der Waals surface area contributed by atoms with Gasteiger partial charge >= 0.3 is 0 Å². The number of rotatable bonds is 8. The van der Waals surface area contributed by atoms with E-state index in [1.165, 1.54) is 25.0 Å². The van der Waals surface area contributed by atoms with Crippen LogP contribution in [0.3, 0.4) is 0 Å². The van der Waals surface area contributed by atoms with Gasteiger partial charge in [-0.25, -0.2) is 0 Å². The molecule has 84 valence electrons. The molecule has 2 nitrogen and oxygen atoms in total. The Morgan fingerprint density at radius 3 is 2.57 bits per heavy atom. The van der Waals surface area contributed by atoms with Gasteiger partial charge in [0.1, 0.15) is 0 Å². The van der Waals surface area contributed by atoms with Crippen molar-refractivity contribution in [3.05, 3.63) is 0 Å². The highest BCUT2D eigenvalue weighted by molar-refractivity contribution is 5.81. The largest absolute Gasteiger partial charge is 0.314 e. The van der Waals surface area contributed by atoms with Crippen molar-refractivity contribution in [3.63, 3.8) is 0 Å². The SMILES string of the molecule is CCN=C(C)CCCCNC(C)CC. The van der Waals surface area contributed by atoms with Crippen LogP contribution in [0.1, 0.15) is 53.4 Å². The molecule has 0 amide bonds. The third-order valence-corrected chi connectivity index (χ3v) is 2.50. The molecule has 0 spiro atoms. The second kappa shape index (κ2) is 9.20. The van der Waals surface area contributed by atoms with Crippen molar-refractivity contribution in [2.24, 2.45) is 4.99 Å². The lowest BCUT2D eigenvalue weighted by molar-refractivity contribution is 0.518. The Bertz CT molecular complexity index is 152. The van der Waals surface area contributed by atoms with E-state index in [-0.39, 0.29) is 0 Å². The average Bonchev–Trinajstić information content (AvgIpc) is 2.17. The second-order valence-electron chi connectivity index (χ2n) is 3.93. The summed E-state index contributed by atoms with van der Waals surface area (Å²) in [4.78, 5) is 4.37. The molecule has 0 radical (unpaired) electrons. The monoisotopic (exact) mass is 198 g/mol. The molecule has 0 aromatic carbocycles. The van der Waals surface area contributed by atoms with Crippen LogP contribution in [0.25, 0.3) is 0 Å². The first-order chi connectivity index (χ1) is 6.70. The fourth-order valence-corrected chi connectivity index (χ4v) is 1.35. The van der Waals surface area contributed by atoms with Crippen LogP contribution in [-0.2, 0) is 0 Å². The molecule has 1 atom stereocenters. The van der Waals surface area contributed by atoms with Gasteiger partial charge in [0.15, 0.2) is 0 Å². The minimum absolute atomic E-state index is 0.667. The fourth-order valence-electron chi connectivity index (χ4n) is 1.35. The summed E-state index contributed by atoms with van der Waals surface area (Å²) in [5.41, 5.74) is 1.30. The maximum absolute atomic E-state index is 4.37. The first kappa shape index (κ1) is 13.6. The van der Waals surface area contributed by atoms with E-state index < -0.39 is 0 Å². The zero-order valence-corrected chi connectivity index (χ0v) is 10.3. The Kier molecular flexibility index (Phi) is 8.95. The van der Waals surface area contributed by atoms with E-state index in [4.69, 9.17) is 0 Å². The number of aliphatic imine (C=N–C) groups is 1. The molecule has 0 fully saturated rings. The summed E-state index contributed by atoms with van der Waals surface area (Å²) >= 11 is 0. The van der Waals surface area contributed by atoms with Gasteiger partial charge in [-0.3, -0.25) is 4.99 Å². The van der Waals surface area contributed by atoms with Crippen LogP contribution in [0.5, 0.6) is 0 Å². The van der Waals surface area contributed by atoms with Gasteiger partial charge in [-0.2, -0.15) is 0 Å². The molecule has 1 N–H and O–H groups in total. The number of nitrogens with zero attached hydrogens (tertiary/aromatic N) is 1. The Morgan fingerprint density at radius 1 is 1.29 bits per heavy atom. The molecular weight excluding hydrogens is 172 g/mol. The standard InChI is InChI=1S/C12H26N2/c1-5-11(3)14-10-8-7-9-12(4)13-6-2/h11,14H,5-10H2,1-4H3. The predicted octanol–water partition coefficient (Wildman–Crippen LogP) is 3.03. The molecule has 1 unspecified atom stereocenters. The van der Waals surface area contributed by atoms with Crippen molar-refractivity contribution >= 4 is 5.71 Å². The van der Waals surface area contributed by atoms with Crippen LogP contribution in [0, 0.1) is 0 Å². The Balaban J connectivity index is 3.25. The molecule has 0 saturated heterocycles. The highest BCUT2D eigenvalue weighted by Crippen LogP contribution is 1.98. The molecule has 0 aromatic heterocycles. The van der Waals surface area contributed by atoms with Crippen molar-refractivity contribution in [3.8, 4) is 0 Å². The maximum atomic E-state index is 4.37. The molecule has 0 rings (SSSR count). The van der Waals surface area contributed by atoms with Crippen molar-refractivity contribution in [2.45, 2.75) is 59.4 Å². The first-order valence-corrected chi connectivity index (χ1v) is 5.94. The summed E-state index contributed by atoms with van der Waals surface area (Å²) in [6, 6.07) is 0.667. The Morgan fingerprint density at radius 2 is 2.00 bits per heavy atom. The van der Waals surface area contributed by atoms with Crippen LogP contribution in [0.4, 0.5) is 0 Å². The zero-order chi connectivity index (χ0) is 10.8. The molecule has 0 aliphatic carbocycles. The van der Waals surface area contributed by atoms with E-state index in [1.807, 2.05) is 0 Å². The van der Waals surface area contributed by atoms with E-state index in [0.717, 1.165) is 19.5 Å². The van der Waals surface area contributed by atoms with E-state index in [0.29, 0.717) is 6.04 Å². The topological polar surface area (TPSA) is 24.4 Å².